The maximum Gasteiger partial charge on any atom is 0.433 e. The highest BCUT2D eigenvalue weighted by Crippen LogP contribution is 2.33. The lowest BCUT2D eigenvalue weighted by Crippen LogP contribution is -2.40. The van der Waals surface area contributed by atoms with E-state index < -0.39 is 11.9 Å². The molecule has 0 unspecified atom stereocenters. The van der Waals surface area contributed by atoms with Crippen molar-refractivity contribution in [2.45, 2.75) is 30.7 Å². The number of anilines is 2. The summed E-state index contributed by atoms with van der Waals surface area (Å²) >= 11 is 1.92. The number of H-pyrrole nitrogens is 1. The van der Waals surface area contributed by atoms with Crippen LogP contribution in [0.25, 0.3) is 33.5 Å². The van der Waals surface area contributed by atoms with E-state index in [-0.39, 0.29) is 11.5 Å². The maximum absolute atomic E-state index is 12.7. The van der Waals surface area contributed by atoms with Gasteiger partial charge < -0.3 is 10.2 Å². The summed E-state index contributed by atoms with van der Waals surface area (Å²) in [6, 6.07) is 13.2. The highest BCUT2D eigenvalue weighted by Gasteiger charge is 2.33. The molecule has 1 atom stereocenters. The molecule has 15 heteroatoms. The number of carbonyl (C=O) groups excluding carboxylic acids is 2. The first-order valence-electron chi connectivity index (χ1n) is 16.2. The summed E-state index contributed by atoms with van der Waals surface area (Å²) in [5, 5.41) is 10.6. The number of aromatic nitrogens is 6. The van der Waals surface area contributed by atoms with Crippen molar-refractivity contribution in [3.8, 4) is 22.6 Å². The van der Waals surface area contributed by atoms with Crippen LogP contribution in [0.3, 0.4) is 0 Å². The van der Waals surface area contributed by atoms with Crippen LogP contribution in [-0.2, 0) is 15.8 Å². The Hall–Kier alpha value is -4.89. The van der Waals surface area contributed by atoms with Crippen molar-refractivity contribution in [2.75, 3.05) is 49.2 Å². The smallest absolute Gasteiger partial charge is 0.357 e. The number of hydrogen-bond donors (Lipinski definition) is 2. The Morgan fingerprint density at radius 1 is 0.980 bits per heavy atom. The normalized spacial score (nSPS) is 17.0. The van der Waals surface area contributed by atoms with Gasteiger partial charge in [0.15, 0.2) is 5.82 Å². The topological polar surface area (TPSA) is 133 Å². The zero-order valence-electron chi connectivity index (χ0n) is 27.3. The van der Waals surface area contributed by atoms with Crippen molar-refractivity contribution < 1.29 is 22.8 Å². The summed E-state index contributed by atoms with van der Waals surface area (Å²) in [6.45, 7) is 4.53. The summed E-state index contributed by atoms with van der Waals surface area (Å²) in [4.78, 5) is 44.3. The van der Waals surface area contributed by atoms with Crippen molar-refractivity contribution in [1.82, 2.24) is 35.0 Å². The Morgan fingerprint density at radius 3 is 2.46 bits per heavy atom. The standard InChI is InChI=1S/C21H27N5OS.C14H9F3N4O/c1-28-18-7-10-25(14-18)15-19(27)16-5-11-26(12-6-16)20-4-3-17(13-24-20)21-22-8-2-9-23-21;15-14(16,17)12-5-8(3-4-18-12)13-10-6-9(19-7-22)1-2-11(10)20-21-13/h2-4,8-9,13,16,18H,5-7,10-12,14-15H2,1H3;1-7H,(H,19,22)(H,20,21)/t18-;/m0./s1. The molecule has 2 aliphatic heterocycles. The molecule has 5 aromatic rings. The molecule has 4 aromatic heterocycles. The second-order valence-electron chi connectivity index (χ2n) is 12.1. The van der Waals surface area contributed by atoms with Gasteiger partial charge in [0, 0.05) is 77.8 Å². The van der Waals surface area contributed by atoms with Gasteiger partial charge in [-0.25, -0.2) is 15.0 Å². The monoisotopic (exact) mass is 703 g/mol. The van der Waals surface area contributed by atoms with Crippen LogP contribution < -0.4 is 10.2 Å². The van der Waals surface area contributed by atoms with Gasteiger partial charge in [0.05, 0.1) is 12.1 Å². The average Bonchev–Trinajstić information content (AvgIpc) is 3.79. The van der Waals surface area contributed by atoms with E-state index in [2.05, 4.69) is 51.5 Å². The highest BCUT2D eigenvalue weighted by molar-refractivity contribution is 7.99. The third kappa shape index (κ3) is 8.45. The van der Waals surface area contributed by atoms with E-state index in [9.17, 15) is 22.8 Å². The summed E-state index contributed by atoms with van der Waals surface area (Å²) in [5.41, 5.74) is 1.76. The van der Waals surface area contributed by atoms with Gasteiger partial charge in [-0.3, -0.25) is 24.6 Å². The Bertz CT molecular complexity index is 1900. The fourth-order valence-electron chi connectivity index (χ4n) is 6.19. The number of amides is 1. The molecule has 11 nitrogen and oxygen atoms in total. The van der Waals surface area contributed by atoms with Crippen LogP contribution in [0.4, 0.5) is 24.7 Å². The molecule has 1 amide bonds. The van der Waals surface area contributed by atoms with Gasteiger partial charge in [-0.15, -0.1) is 0 Å². The number of alkyl halides is 3. The molecule has 260 valence electrons. The molecule has 0 bridgehead atoms. The van der Waals surface area contributed by atoms with E-state index >= 15 is 0 Å². The second kappa shape index (κ2) is 15.8. The molecule has 0 saturated carbocycles. The summed E-state index contributed by atoms with van der Waals surface area (Å²) in [5.74, 6) is 2.27. The van der Waals surface area contributed by atoms with Gasteiger partial charge in [0.2, 0.25) is 6.41 Å². The minimum atomic E-state index is -4.52. The number of piperidine rings is 1. The van der Waals surface area contributed by atoms with Crippen LogP contribution >= 0.6 is 11.8 Å². The molecular weight excluding hydrogens is 668 g/mol. The number of hydrogen-bond acceptors (Lipinski definition) is 10. The lowest BCUT2D eigenvalue weighted by molar-refractivity contribution is -0.141. The third-order valence-corrected chi connectivity index (χ3v) is 9.95. The van der Waals surface area contributed by atoms with Gasteiger partial charge >= 0.3 is 6.18 Å². The second-order valence-corrected chi connectivity index (χ2v) is 13.2. The third-order valence-electron chi connectivity index (χ3n) is 8.90. The highest BCUT2D eigenvalue weighted by atomic mass is 32.2. The van der Waals surface area contributed by atoms with Crippen molar-refractivity contribution in [3.63, 3.8) is 0 Å². The van der Waals surface area contributed by atoms with E-state index in [4.69, 9.17) is 0 Å². The largest absolute Gasteiger partial charge is 0.433 e. The zero-order chi connectivity index (χ0) is 35.1. The molecule has 7 rings (SSSR count). The number of ketones is 1. The molecule has 0 spiro atoms. The molecule has 2 fully saturated rings. The minimum Gasteiger partial charge on any atom is -0.357 e. The number of rotatable bonds is 9. The lowest BCUT2D eigenvalue weighted by Gasteiger charge is -2.32. The predicted molar refractivity (Wildman–Crippen MR) is 188 cm³/mol. The van der Waals surface area contributed by atoms with E-state index in [1.54, 1.807) is 30.6 Å². The van der Waals surface area contributed by atoms with Crippen LogP contribution in [0, 0.1) is 5.92 Å². The first-order valence-corrected chi connectivity index (χ1v) is 17.5. The van der Waals surface area contributed by atoms with E-state index in [1.165, 1.54) is 12.5 Å². The molecule has 0 radical (unpaired) electrons. The minimum absolute atomic E-state index is 0.196. The van der Waals surface area contributed by atoms with Gasteiger partial charge in [0.1, 0.15) is 23.0 Å². The van der Waals surface area contributed by atoms with Crippen molar-refractivity contribution in [2.24, 2.45) is 5.92 Å². The molecule has 6 heterocycles. The van der Waals surface area contributed by atoms with Crippen molar-refractivity contribution >= 4 is 46.4 Å². The number of likely N-dealkylation sites (tertiary alicyclic amines) is 1. The Balaban J connectivity index is 0.000000178. The van der Waals surface area contributed by atoms with Crippen LogP contribution in [0.5, 0.6) is 0 Å². The number of aromatic amines is 1. The number of halogens is 3. The van der Waals surface area contributed by atoms with Gasteiger partial charge in [-0.05, 0) is 80.6 Å². The SMILES string of the molecule is CS[C@H]1CCN(CC(=O)C2CCN(c3ccc(-c4ncccn4)cn3)CC2)C1.O=CNc1ccc2[nH]nc(-c3ccnc(C(F)(F)F)c3)c2c1. The number of benzene rings is 1. The zero-order valence-corrected chi connectivity index (χ0v) is 28.1. The molecule has 0 aliphatic carbocycles. The fourth-order valence-corrected chi connectivity index (χ4v) is 6.89. The quantitative estimate of drug-likeness (QED) is 0.177. The number of carbonyl (C=O) groups is 2. The predicted octanol–water partition coefficient (Wildman–Crippen LogP) is 5.97. The van der Waals surface area contributed by atoms with Crippen molar-refractivity contribution in [3.05, 3.63) is 79.0 Å². The Labute approximate surface area is 291 Å². The molecule has 1 aromatic carbocycles. The van der Waals surface area contributed by atoms with E-state index in [0.717, 1.165) is 62.7 Å². The molecule has 2 aliphatic rings. The van der Waals surface area contributed by atoms with E-state index in [0.29, 0.717) is 52.1 Å². The first kappa shape index (κ1) is 35.0. The summed E-state index contributed by atoms with van der Waals surface area (Å²) in [6.07, 6.45) is 7.61. The van der Waals surface area contributed by atoms with Crippen LogP contribution in [-0.4, -0.2) is 91.5 Å². The van der Waals surface area contributed by atoms with Crippen LogP contribution in [0.15, 0.2) is 73.3 Å². The maximum atomic E-state index is 12.7. The molecule has 50 heavy (non-hydrogen) atoms. The first-order chi connectivity index (χ1) is 24.2. The lowest BCUT2D eigenvalue weighted by atomic mass is 9.92. The summed E-state index contributed by atoms with van der Waals surface area (Å²) in [7, 11) is 0. The van der Waals surface area contributed by atoms with Crippen LogP contribution in [0.1, 0.15) is 25.0 Å². The number of Topliss-reactive ketones (excluding diaryl/α,β-unsaturated/α-hetero) is 1. The number of fused-ring (bicyclic) bond motifs is 1. The fraction of sp³-hybridized carbons (Fsp3) is 0.343. The number of nitrogens with one attached hydrogen (secondary N) is 2. The molecule has 2 N–H and O–H groups in total. The van der Waals surface area contributed by atoms with Crippen molar-refractivity contribution in [1.29, 1.82) is 0 Å². The Kier molecular flexibility index (Phi) is 11.0. The number of pyridine rings is 2. The number of thioether (sulfide) groups is 1. The van der Waals surface area contributed by atoms with E-state index in [1.807, 2.05) is 36.2 Å². The molecular formula is C35H36F3N9O2S. The van der Waals surface area contributed by atoms with Gasteiger partial charge in [-0.2, -0.15) is 30.0 Å². The van der Waals surface area contributed by atoms with Gasteiger partial charge in [-0.1, -0.05) is 0 Å². The van der Waals surface area contributed by atoms with Crippen LogP contribution in [0.2, 0.25) is 0 Å². The summed E-state index contributed by atoms with van der Waals surface area (Å²) < 4.78 is 38.2. The number of nitrogens with zero attached hydrogens (tertiary/aromatic N) is 7. The van der Waals surface area contributed by atoms with Gasteiger partial charge in [0.25, 0.3) is 0 Å². The molecule has 2 saturated heterocycles. The Morgan fingerprint density at radius 2 is 1.78 bits per heavy atom. The average molecular weight is 704 g/mol.